The molecule has 0 spiro atoms. The highest BCUT2D eigenvalue weighted by Crippen LogP contribution is 2.40. The summed E-state index contributed by atoms with van der Waals surface area (Å²) in [7, 11) is 0. The Morgan fingerprint density at radius 2 is 1.42 bits per heavy atom. The van der Waals surface area contributed by atoms with Crippen molar-refractivity contribution in [2.45, 2.75) is 25.1 Å². The molecule has 1 heterocycles. The quantitative estimate of drug-likeness (QED) is 0.459. The van der Waals surface area contributed by atoms with Gasteiger partial charge in [-0.15, -0.1) is 0 Å². The molecule has 3 rings (SSSR count). The van der Waals surface area contributed by atoms with Gasteiger partial charge in [0.05, 0.1) is 23.4 Å². The van der Waals surface area contributed by atoms with Crippen LogP contribution in [0.15, 0.2) is 59.4 Å². The molecule has 0 radical (unpaired) electrons. The van der Waals surface area contributed by atoms with E-state index in [2.05, 4.69) is 4.98 Å². The Hall–Kier alpha value is -3.51. The topological polar surface area (TPSA) is 46.9 Å². The third-order valence-electron chi connectivity index (χ3n) is 4.38. The van der Waals surface area contributed by atoms with Crippen molar-refractivity contribution in [3.05, 3.63) is 87.3 Å². The Bertz CT molecular complexity index is 1200. The van der Waals surface area contributed by atoms with Gasteiger partial charge in [0.2, 0.25) is 5.95 Å². The fraction of sp³-hybridized carbons (Fsp3) is 0.200. The molecule has 4 nitrogen and oxygen atoms in total. The summed E-state index contributed by atoms with van der Waals surface area (Å²) >= 11 is 0. The van der Waals surface area contributed by atoms with E-state index in [4.69, 9.17) is 0 Å². The zero-order valence-electron chi connectivity index (χ0n) is 16.1. The number of alkyl halides is 9. The van der Waals surface area contributed by atoms with E-state index in [1.165, 1.54) is 12.1 Å². The Balaban J connectivity index is 2.17. The molecule has 33 heavy (non-hydrogen) atoms. The zero-order chi connectivity index (χ0) is 24.6. The predicted molar refractivity (Wildman–Crippen MR) is 98.8 cm³/mol. The summed E-state index contributed by atoms with van der Waals surface area (Å²) in [6, 6.07) is 8.47. The predicted octanol–water partition coefficient (Wildman–Crippen LogP) is 6.09. The number of benzene rings is 2. The summed E-state index contributed by atoms with van der Waals surface area (Å²) in [5.41, 5.74) is -6.92. The first-order valence-corrected chi connectivity index (χ1v) is 8.95. The van der Waals surface area contributed by atoms with Gasteiger partial charge in [-0.1, -0.05) is 30.3 Å². The summed E-state index contributed by atoms with van der Waals surface area (Å²) in [5.74, 6) is -0.927. The number of halogens is 9. The highest BCUT2D eigenvalue weighted by Gasteiger charge is 2.39. The Morgan fingerprint density at radius 3 is 1.97 bits per heavy atom. The second-order valence-corrected chi connectivity index (χ2v) is 6.75. The highest BCUT2D eigenvalue weighted by molar-refractivity contribution is 5.61. The van der Waals surface area contributed by atoms with Crippen LogP contribution in [0.3, 0.4) is 0 Å². The van der Waals surface area contributed by atoms with E-state index in [1.54, 1.807) is 18.2 Å². The molecule has 2 aromatic carbocycles. The molecule has 1 aromatic heterocycles. The molecule has 0 fully saturated rings. The van der Waals surface area contributed by atoms with E-state index in [1.807, 2.05) is 5.32 Å². The number of aromatic nitrogens is 2. The lowest BCUT2D eigenvalue weighted by Gasteiger charge is -2.19. The molecule has 0 bridgehead atoms. The van der Waals surface area contributed by atoms with Crippen molar-refractivity contribution < 1.29 is 39.5 Å². The second kappa shape index (κ2) is 8.45. The zero-order valence-corrected chi connectivity index (χ0v) is 16.1. The lowest BCUT2D eigenvalue weighted by atomic mass is 10.1. The molecule has 176 valence electrons. The molecule has 0 unspecified atom stereocenters. The normalized spacial score (nSPS) is 12.6. The summed E-state index contributed by atoms with van der Waals surface area (Å²) in [6.45, 7) is -0.366. The number of anilines is 2. The van der Waals surface area contributed by atoms with Crippen molar-refractivity contribution >= 4 is 11.6 Å². The van der Waals surface area contributed by atoms with Crippen LogP contribution in [0.25, 0.3) is 0 Å². The fourth-order valence-corrected chi connectivity index (χ4v) is 2.85. The Morgan fingerprint density at radius 1 is 0.788 bits per heavy atom. The van der Waals surface area contributed by atoms with Gasteiger partial charge in [-0.3, -0.25) is 9.36 Å². The van der Waals surface area contributed by atoms with Crippen LogP contribution in [0.4, 0.5) is 51.1 Å². The van der Waals surface area contributed by atoms with Gasteiger partial charge in [0.1, 0.15) is 0 Å². The van der Waals surface area contributed by atoms with Gasteiger partial charge in [0, 0.05) is 6.07 Å². The van der Waals surface area contributed by atoms with Crippen LogP contribution < -0.4 is 10.9 Å². The number of rotatable bonds is 4. The van der Waals surface area contributed by atoms with E-state index >= 15 is 0 Å². The van der Waals surface area contributed by atoms with E-state index in [0.717, 1.165) is 0 Å². The minimum Gasteiger partial charge on any atom is -0.325 e. The molecule has 0 amide bonds. The van der Waals surface area contributed by atoms with E-state index in [9.17, 15) is 44.3 Å². The summed E-state index contributed by atoms with van der Waals surface area (Å²) in [6.07, 6.45) is -15.5. The lowest BCUT2D eigenvalue weighted by molar-refractivity contribution is -0.143. The van der Waals surface area contributed by atoms with Crippen LogP contribution in [-0.2, 0) is 25.1 Å². The van der Waals surface area contributed by atoms with Gasteiger partial charge in [-0.25, -0.2) is 4.98 Å². The first-order valence-electron chi connectivity index (χ1n) is 8.95. The van der Waals surface area contributed by atoms with Crippen LogP contribution in [0, 0.1) is 0 Å². The van der Waals surface area contributed by atoms with Crippen molar-refractivity contribution in [3.8, 4) is 0 Å². The number of nitrogens with one attached hydrogen (secondary N) is 1. The van der Waals surface area contributed by atoms with Crippen LogP contribution in [-0.4, -0.2) is 9.55 Å². The van der Waals surface area contributed by atoms with Gasteiger partial charge >= 0.3 is 18.5 Å². The summed E-state index contributed by atoms with van der Waals surface area (Å²) in [5, 5.41) is 1.96. The van der Waals surface area contributed by atoms with Crippen molar-refractivity contribution in [2.24, 2.45) is 0 Å². The molecule has 13 heteroatoms. The first kappa shape index (κ1) is 24.1. The second-order valence-electron chi connectivity index (χ2n) is 6.75. The minimum atomic E-state index is -5.30. The molecule has 0 saturated carbocycles. The van der Waals surface area contributed by atoms with Crippen LogP contribution in [0.5, 0.6) is 0 Å². The third-order valence-corrected chi connectivity index (χ3v) is 4.38. The maximum atomic E-state index is 13.4. The smallest absolute Gasteiger partial charge is 0.325 e. The molecule has 0 aliphatic rings. The lowest BCUT2D eigenvalue weighted by Crippen LogP contribution is -2.27. The largest absolute Gasteiger partial charge is 0.433 e. The van der Waals surface area contributed by atoms with Crippen molar-refractivity contribution in [3.63, 3.8) is 0 Å². The molecule has 0 aliphatic heterocycles. The molecular weight excluding hydrogens is 469 g/mol. The van der Waals surface area contributed by atoms with Crippen molar-refractivity contribution in [2.75, 3.05) is 5.32 Å². The molecule has 1 N–H and O–H groups in total. The van der Waals surface area contributed by atoms with Gasteiger partial charge in [-0.05, 0) is 23.8 Å². The van der Waals surface area contributed by atoms with Gasteiger partial charge < -0.3 is 5.32 Å². The average molecular weight is 481 g/mol. The fourth-order valence-electron chi connectivity index (χ4n) is 2.85. The number of nitrogens with zero attached hydrogens (tertiary/aromatic N) is 2. The van der Waals surface area contributed by atoms with E-state index in [-0.39, 0.29) is 18.7 Å². The van der Waals surface area contributed by atoms with Crippen LogP contribution in [0.1, 0.15) is 22.4 Å². The Kier molecular flexibility index (Phi) is 6.18. The van der Waals surface area contributed by atoms with E-state index < -0.39 is 52.5 Å². The first-order chi connectivity index (χ1) is 15.2. The van der Waals surface area contributed by atoms with Crippen LogP contribution in [0.2, 0.25) is 0 Å². The van der Waals surface area contributed by atoms with Crippen molar-refractivity contribution in [1.29, 1.82) is 0 Å². The van der Waals surface area contributed by atoms with Crippen molar-refractivity contribution in [1.82, 2.24) is 9.55 Å². The summed E-state index contributed by atoms with van der Waals surface area (Å²) < 4.78 is 119. The molecule has 0 atom stereocenters. The SMILES string of the molecule is O=c1cc(C(F)(F)F)nc(Nc2ccc(C(F)(F)F)cc2C(F)(F)F)n1Cc1ccccc1. The van der Waals surface area contributed by atoms with Gasteiger partial charge in [0.15, 0.2) is 5.69 Å². The van der Waals surface area contributed by atoms with Gasteiger partial charge in [-0.2, -0.15) is 39.5 Å². The molecule has 3 aromatic rings. The molecule has 0 saturated heterocycles. The van der Waals surface area contributed by atoms with Crippen LogP contribution >= 0.6 is 0 Å². The Labute approximate surface area is 179 Å². The molecular formula is C20H12F9N3O. The number of hydrogen-bond acceptors (Lipinski definition) is 3. The molecule has 0 aliphatic carbocycles. The average Bonchev–Trinajstić information content (AvgIpc) is 2.69. The number of hydrogen-bond donors (Lipinski definition) is 1. The minimum absolute atomic E-state index is 0.172. The maximum absolute atomic E-state index is 13.4. The van der Waals surface area contributed by atoms with Gasteiger partial charge in [0.25, 0.3) is 5.56 Å². The third kappa shape index (κ3) is 5.65. The summed E-state index contributed by atoms with van der Waals surface area (Å²) in [4.78, 5) is 15.6. The monoisotopic (exact) mass is 481 g/mol. The highest BCUT2D eigenvalue weighted by atomic mass is 19.4. The maximum Gasteiger partial charge on any atom is 0.433 e. The standard InChI is InChI=1S/C20H12F9N3O/c21-18(22,23)12-6-7-14(13(8-12)19(24,25)26)30-17-31-15(20(27,28)29)9-16(33)32(17)10-11-4-2-1-3-5-11/h1-9H,10H2,(H,30,31). The van der Waals surface area contributed by atoms with E-state index in [0.29, 0.717) is 22.3 Å².